The number of fused-ring (bicyclic) bond motifs is 1. The number of pyridine rings is 1. The molecule has 36 heavy (non-hydrogen) atoms. The van der Waals surface area contributed by atoms with Crippen LogP contribution in [0.15, 0.2) is 72.0 Å². The summed E-state index contributed by atoms with van der Waals surface area (Å²) in [5.41, 5.74) is 0.927. The SMILES string of the molecule is CC[C@@H](C)c1nc2ccc(Br)cc2c(=O)n1N=Cc1cc(Br)c(Oc2ccc([N+](=O)[O-])cn2)c(Br)c1. The van der Waals surface area contributed by atoms with Crippen molar-refractivity contribution in [2.75, 3.05) is 0 Å². The molecule has 4 rings (SSSR count). The van der Waals surface area contributed by atoms with E-state index >= 15 is 0 Å². The Balaban J connectivity index is 1.69. The fourth-order valence-corrected chi connectivity index (χ4v) is 5.05. The molecule has 4 aromatic rings. The molecule has 12 heteroatoms. The van der Waals surface area contributed by atoms with Crippen LogP contribution in [0.25, 0.3) is 10.9 Å². The van der Waals surface area contributed by atoms with Crippen molar-refractivity contribution >= 4 is 70.6 Å². The van der Waals surface area contributed by atoms with Crippen molar-refractivity contribution in [1.29, 1.82) is 0 Å². The van der Waals surface area contributed by atoms with E-state index in [0.29, 0.717) is 37.0 Å². The van der Waals surface area contributed by atoms with Gasteiger partial charge in [-0.15, -0.1) is 0 Å². The molecule has 0 saturated carbocycles. The second-order valence-electron chi connectivity index (χ2n) is 7.83. The molecule has 0 aliphatic rings. The molecular weight excluding hydrogens is 662 g/mol. The Morgan fingerprint density at radius 1 is 1.17 bits per heavy atom. The molecule has 2 heterocycles. The maximum Gasteiger partial charge on any atom is 0.287 e. The van der Waals surface area contributed by atoms with Crippen LogP contribution in [0.5, 0.6) is 11.6 Å². The third-order valence-corrected chi connectivity index (χ3v) is 7.04. The number of rotatable bonds is 7. The molecule has 0 aliphatic heterocycles. The first-order valence-corrected chi connectivity index (χ1v) is 13.1. The monoisotopic (exact) mass is 677 g/mol. The van der Waals surface area contributed by atoms with Crippen LogP contribution in [0, 0.1) is 10.1 Å². The van der Waals surface area contributed by atoms with Gasteiger partial charge in [-0.2, -0.15) is 9.78 Å². The molecule has 0 bridgehead atoms. The lowest BCUT2D eigenvalue weighted by Gasteiger charge is -2.14. The predicted molar refractivity (Wildman–Crippen MR) is 148 cm³/mol. The van der Waals surface area contributed by atoms with Gasteiger partial charge in [-0.3, -0.25) is 14.9 Å². The number of nitro groups is 1. The number of halogens is 3. The fourth-order valence-electron chi connectivity index (χ4n) is 3.30. The molecule has 184 valence electrons. The van der Waals surface area contributed by atoms with Crippen LogP contribution in [0.2, 0.25) is 0 Å². The van der Waals surface area contributed by atoms with E-state index in [9.17, 15) is 14.9 Å². The summed E-state index contributed by atoms with van der Waals surface area (Å²) < 4.78 is 9.10. The molecule has 0 N–H and O–H groups in total. The average Bonchev–Trinajstić information content (AvgIpc) is 2.85. The second kappa shape index (κ2) is 11.0. The normalized spacial score (nSPS) is 12.2. The van der Waals surface area contributed by atoms with E-state index in [1.807, 2.05) is 26.0 Å². The summed E-state index contributed by atoms with van der Waals surface area (Å²) in [5, 5.41) is 15.8. The van der Waals surface area contributed by atoms with E-state index in [1.54, 1.807) is 24.4 Å². The Kier molecular flexibility index (Phi) is 7.96. The minimum atomic E-state index is -0.529. The van der Waals surface area contributed by atoms with Gasteiger partial charge in [-0.1, -0.05) is 29.8 Å². The van der Waals surface area contributed by atoms with Crippen LogP contribution in [0.3, 0.4) is 0 Å². The maximum atomic E-state index is 13.3. The highest BCUT2D eigenvalue weighted by Gasteiger charge is 2.16. The van der Waals surface area contributed by atoms with Gasteiger partial charge in [0.2, 0.25) is 5.88 Å². The van der Waals surface area contributed by atoms with Crippen LogP contribution in [-0.2, 0) is 0 Å². The van der Waals surface area contributed by atoms with E-state index in [0.717, 1.165) is 17.1 Å². The van der Waals surface area contributed by atoms with E-state index in [-0.39, 0.29) is 23.0 Å². The van der Waals surface area contributed by atoms with Gasteiger partial charge < -0.3 is 4.74 Å². The summed E-state index contributed by atoms with van der Waals surface area (Å²) in [6.07, 6.45) is 3.49. The number of ether oxygens (including phenoxy) is 1. The molecule has 0 unspecified atom stereocenters. The minimum absolute atomic E-state index is 0.0198. The van der Waals surface area contributed by atoms with Gasteiger partial charge in [0.25, 0.3) is 11.2 Å². The third-order valence-electron chi connectivity index (χ3n) is 5.37. The smallest absolute Gasteiger partial charge is 0.287 e. The highest BCUT2D eigenvalue weighted by molar-refractivity contribution is 9.11. The largest absolute Gasteiger partial charge is 0.437 e. The van der Waals surface area contributed by atoms with Crippen molar-refractivity contribution in [2.24, 2.45) is 5.10 Å². The van der Waals surface area contributed by atoms with Crippen molar-refractivity contribution in [3.63, 3.8) is 0 Å². The molecule has 0 aliphatic carbocycles. The molecule has 9 nitrogen and oxygen atoms in total. The second-order valence-corrected chi connectivity index (χ2v) is 10.5. The fraction of sp³-hybridized carbons (Fsp3) is 0.167. The molecule has 2 aromatic heterocycles. The maximum absolute atomic E-state index is 13.3. The van der Waals surface area contributed by atoms with E-state index in [4.69, 9.17) is 9.72 Å². The predicted octanol–water partition coefficient (Wildman–Crippen LogP) is 7.18. The number of hydrogen-bond acceptors (Lipinski definition) is 7. The van der Waals surface area contributed by atoms with E-state index in [2.05, 4.69) is 57.9 Å². The van der Waals surface area contributed by atoms with Gasteiger partial charge in [-0.05, 0) is 74.2 Å². The molecule has 0 spiro atoms. The number of benzene rings is 2. The first-order chi connectivity index (χ1) is 17.2. The topological polar surface area (TPSA) is 113 Å². The number of aromatic nitrogens is 3. The Labute approximate surface area is 230 Å². The lowest BCUT2D eigenvalue weighted by molar-refractivity contribution is -0.385. The Hall–Kier alpha value is -2.96. The van der Waals surface area contributed by atoms with Gasteiger partial charge in [-0.25, -0.2) is 9.97 Å². The Bertz CT molecular complexity index is 1530. The van der Waals surface area contributed by atoms with Gasteiger partial charge in [0.15, 0.2) is 5.75 Å². The Morgan fingerprint density at radius 2 is 1.89 bits per heavy atom. The lowest BCUT2D eigenvalue weighted by Crippen LogP contribution is -2.23. The minimum Gasteiger partial charge on any atom is -0.437 e. The van der Waals surface area contributed by atoms with Crippen LogP contribution in [0.4, 0.5) is 5.69 Å². The van der Waals surface area contributed by atoms with Gasteiger partial charge in [0.1, 0.15) is 12.0 Å². The first-order valence-electron chi connectivity index (χ1n) is 10.7. The summed E-state index contributed by atoms with van der Waals surface area (Å²) in [4.78, 5) is 32.3. The molecule has 0 radical (unpaired) electrons. The van der Waals surface area contributed by atoms with Crippen LogP contribution >= 0.6 is 47.8 Å². The van der Waals surface area contributed by atoms with Crippen LogP contribution in [0.1, 0.15) is 37.6 Å². The van der Waals surface area contributed by atoms with Crippen molar-refractivity contribution in [1.82, 2.24) is 14.6 Å². The Morgan fingerprint density at radius 3 is 2.50 bits per heavy atom. The first kappa shape index (κ1) is 26.1. The van der Waals surface area contributed by atoms with Crippen LogP contribution in [-0.4, -0.2) is 25.8 Å². The summed E-state index contributed by atoms with van der Waals surface area (Å²) >= 11 is 10.4. The standard InChI is InChI=1S/C24H18Br3N5O4/c1-3-13(2)23-30-20-6-4-15(25)10-17(20)24(33)31(23)29-11-14-8-18(26)22(19(27)9-14)36-21-7-5-16(12-28-21)32(34)35/h4-13H,3H2,1-2H3/t13-/m1/s1. The number of hydrogen-bond donors (Lipinski definition) is 0. The van der Waals surface area contributed by atoms with Crippen molar-refractivity contribution < 1.29 is 9.66 Å². The molecule has 1 atom stereocenters. The molecule has 0 fully saturated rings. The van der Waals surface area contributed by atoms with Crippen molar-refractivity contribution in [3.8, 4) is 11.6 Å². The zero-order valence-electron chi connectivity index (χ0n) is 19.0. The third kappa shape index (κ3) is 5.55. The quantitative estimate of drug-likeness (QED) is 0.116. The average molecular weight is 680 g/mol. The molecular formula is C24H18Br3N5O4. The highest BCUT2D eigenvalue weighted by Crippen LogP contribution is 2.37. The van der Waals surface area contributed by atoms with Crippen molar-refractivity contribution in [3.05, 3.63) is 93.9 Å². The van der Waals surface area contributed by atoms with Gasteiger partial charge >= 0.3 is 0 Å². The molecule has 0 amide bonds. The summed E-state index contributed by atoms with van der Waals surface area (Å²) in [5.74, 6) is 1.23. The number of nitrogens with zero attached hydrogens (tertiary/aromatic N) is 5. The lowest BCUT2D eigenvalue weighted by atomic mass is 10.1. The van der Waals surface area contributed by atoms with Gasteiger partial charge in [0.05, 0.1) is 31.0 Å². The summed E-state index contributed by atoms with van der Waals surface area (Å²) in [6, 6.07) is 11.7. The summed E-state index contributed by atoms with van der Waals surface area (Å²) in [6.45, 7) is 4.04. The van der Waals surface area contributed by atoms with Crippen molar-refractivity contribution in [2.45, 2.75) is 26.2 Å². The molecule has 0 saturated heterocycles. The van der Waals surface area contributed by atoms with E-state index in [1.165, 1.54) is 16.8 Å². The van der Waals surface area contributed by atoms with Crippen LogP contribution < -0.4 is 10.3 Å². The zero-order chi connectivity index (χ0) is 26.0. The highest BCUT2D eigenvalue weighted by atomic mass is 79.9. The van der Waals surface area contributed by atoms with E-state index < -0.39 is 4.92 Å². The zero-order valence-corrected chi connectivity index (χ0v) is 23.7. The van der Waals surface area contributed by atoms with Gasteiger partial charge in [0, 0.05) is 22.5 Å². The summed E-state index contributed by atoms with van der Waals surface area (Å²) in [7, 11) is 0. The molecule has 2 aromatic carbocycles.